The van der Waals surface area contributed by atoms with Crippen molar-refractivity contribution in [1.29, 1.82) is 0 Å². The third-order valence-electron chi connectivity index (χ3n) is 4.40. The number of ether oxygens (including phenoxy) is 1. The molecule has 0 spiro atoms. The number of halogens is 1. The fourth-order valence-corrected chi connectivity index (χ4v) is 2.79. The monoisotopic (exact) mass is 335 g/mol. The molecule has 23 heavy (non-hydrogen) atoms. The molecule has 0 bridgehead atoms. The fraction of sp³-hybridized carbons (Fsp3) is 0.526. The Bertz CT molecular complexity index is 534. The molecule has 1 fully saturated rings. The van der Waals surface area contributed by atoms with Gasteiger partial charge in [-0.1, -0.05) is 49.6 Å². The zero-order valence-corrected chi connectivity index (χ0v) is 14.8. The first-order chi connectivity index (χ1) is 10.6. The van der Waals surface area contributed by atoms with Gasteiger partial charge in [0.15, 0.2) is 5.60 Å². The molecule has 1 aliphatic heterocycles. The molecule has 3 nitrogen and oxygen atoms in total. The molecule has 0 amide bonds. The van der Waals surface area contributed by atoms with Crippen molar-refractivity contribution in [1.82, 2.24) is 4.90 Å². The van der Waals surface area contributed by atoms with Gasteiger partial charge in [0.1, 0.15) is 6.04 Å². The Kier molecular flexibility index (Phi) is 7.61. The van der Waals surface area contributed by atoms with E-state index >= 15 is 0 Å². The number of likely N-dealkylation sites (tertiary alicyclic amines) is 1. The van der Waals surface area contributed by atoms with E-state index in [4.69, 9.17) is 11.2 Å². The first kappa shape index (κ1) is 19.5. The maximum Gasteiger partial charge on any atom is 0.329 e. The van der Waals surface area contributed by atoms with Crippen LogP contribution in [0.3, 0.4) is 0 Å². The van der Waals surface area contributed by atoms with Gasteiger partial charge in [-0.2, -0.15) is 0 Å². The summed E-state index contributed by atoms with van der Waals surface area (Å²) in [6.45, 7) is 5.58. The Balaban J connectivity index is 0.00000264. The van der Waals surface area contributed by atoms with Crippen molar-refractivity contribution < 1.29 is 9.53 Å². The Morgan fingerprint density at radius 1 is 1.30 bits per heavy atom. The average molecular weight is 336 g/mol. The molecule has 126 valence electrons. The van der Waals surface area contributed by atoms with E-state index in [0.29, 0.717) is 6.42 Å². The van der Waals surface area contributed by atoms with Crippen molar-refractivity contribution in [2.45, 2.75) is 51.2 Å². The number of rotatable bonds is 5. The molecular formula is C19H26ClNO2. The number of piperidine rings is 1. The molecule has 1 aromatic rings. The van der Waals surface area contributed by atoms with Gasteiger partial charge >= 0.3 is 5.97 Å². The van der Waals surface area contributed by atoms with E-state index in [1.807, 2.05) is 37.3 Å². The van der Waals surface area contributed by atoms with Gasteiger partial charge < -0.3 is 4.74 Å². The molecule has 2 rings (SSSR count). The highest BCUT2D eigenvalue weighted by Crippen LogP contribution is 2.28. The van der Waals surface area contributed by atoms with Crippen LogP contribution in [-0.2, 0) is 9.53 Å². The average Bonchev–Trinajstić information content (AvgIpc) is 2.57. The topological polar surface area (TPSA) is 29.5 Å². The minimum absolute atomic E-state index is 0. The number of nitrogens with zero attached hydrogens (tertiary/aromatic N) is 1. The second-order valence-electron chi connectivity index (χ2n) is 6.06. The molecule has 0 radical (unpaired) electrons. The Labute approximate surface area is 145 Å². The summed E-state index contributed by atoms with van der Waals surface area (Å²) in [6, 6.07) is 9.49. The number of benzene rings is 1. The summed E-state index contributed by atoms with van der Waals surface area (Å²) in [7, 11) is 0. The zero-order valence-electron chi connectivity index (χ0n) is 14.0. The van der Waals surface area contributed by atoms with Crippen molar-refractivity contribution in [3.63, 3.8) is 0 Å². The summed E-state index contributed by atoms with van der Waals surface area (Å²) in [4.78, 5) is 15.0. The largest absolute Gasteiger partial charge is 0.445 e. The number of esters is 1. The molecule has 0 aliphatic carbocycles. The Morgan fingerprint density at radius 2 is 1.91 bits per heavy atom. The molecule has 1 aromatic carbocycles. The lowest BCUT2D eigenvalue weighted by Gasteiger charge is -2.35. The van der Waals surface area contributed by atoms with Crippen LogP contribution < -0.4 is 0 Å². The van der Waals surface area contributed by atoms with E-state index < -0.39 is 5.60 Å². The molecule has 1 heterocycles. The predicted octanol–water partition coefficient (Wildman–Crippen LogP) is 3.98. The Morgan fingerprint density at radius 3 is 2.43 bits per heavy atom. The minimum Gasteiger partial charge on any atom is -0.445 e. The molecule has 2 unspecified atom stereocenters. The molecule has 2 atom stereocenters. The van der Waals surface area contributed by atoms with Gasteiger partial charge in [-0.25, -0.2) is 4.79 Å². The maximum absolute atomic E-state index is 12.8. The van der Waals surface area contributed by atoms with Crippen LogP contribution in [-0.4, -0.2) is 29.6 Å². The van der Waals surface area contributed by atoms with Gasteiger partial charge in [0.25, 0.3) is 0 Å². The number of carbonyl (C=O) groups is 1. The summed E-state index contributed by atoms with van der Waals surface area (Å²) in [5.41, 5.74) is 0.143. The van der Waals surface area contributed by atoms with E-state index in [-0.39, 0.29) is 24.4 Å². The van der Waals surface area contributed by atoms with Crippen LogP contribution in [0.2, 0.25) is 0 Å². The van der Waals surface area contributed by atoms with Crippen molar-refractivity contribution in [3.8, 4) is 12.3 Å². The van der Waals surface area contributed by atoms with Crippen LogP contribution in [0.15, 0.2) is 30.3 Å². The molecule has 1 saturated heterocycles. The van der Waals surface area contributed by atoms with Crippen LogP contribution >= 0.6 is 12.4 Å². The molecule has 0 N–H and O–H groups in total. The summed E-state index contributed by atoms with van der Waals surface area (Å²) >= 11 is 0. The quantitative estimate of drug-likeness (QED) is 0.602. The van der Waals surface area contributed by atoms with Crippen LogP contribution in [0.1, 0.15) is 51.1 Å². The number of carbonyl (C=O) groups excluding carboxylic acids is 1. The van der Waals surface area contributed by atoms with E-state index in [0.717, 1.165) is 31.5 Å². The third kappa shape index (κ3) is 4.99. The van der Waals surface area contributed by atoms with Crippen LogP contribution in [0.4, 0.5) is 0 Å². The second-order valence-corrected chi connectivity index (χ2v) is 6.06. The highest BCUT2D eigenvalue weighted by molar-refractivity contribution is 5.85. The standard InChI is InChI=1S/C19H25NO2.ClH/c1-4-19(3,5-2)22-18(21)17(16-12-8-6-9-13-16)20-14-10-7-11-15-20;/h1,6,8-9,12-13,17H,5,7,10-11,14-15H2,2-3H3;1H. The van der Waals surface area contributed by atoms with E-state index in [1.165, 1.54) is 6.42 Å². The summed E-state index contributed by atoms with van der Waals surface area (Å²) < 4.78 is 5.69. The van der Waals surface area contributed by atoms with Crippen molar-refractivity contribution in [2.24, 2.45) is 0 Å². The lowest BCUT2D eigenvalue weighted by atomic mass is 10.0. The van der Waals surface area contributed by atoms with Gasteiger partial charge in [-0.15, -0.1) is 18.8 Å². The molecule has 0 saturated carbocycles. The summed E-state index contributed by atoms with van der Waals surface area (Å²) in [5, 5.41) is 0. The van der Waals surface area contributed by atoms with E-state index in [1.54, 1.807) is 6.92 Å². The number of terminal acetylenes is 1. The van der Waals surface area contributed by atoms with Gasteiger partial charge in [0.2, 0.25) is 0 Å². The highest BCUT2D eigenvalue weighted by atomic mass is 35.5. The lowest BCUT2D eigenvalue weighted by Crippen LogP contribution is -2.41. The van der Waals surface area contributed by atoms with Crippen molar-refractivity contribution in [3.05, 3.63) is 35.9 Å². The molecule has 1 aliphatic rings. The van der Waals surface area contributed by atoms with E-state index in [9.17, 15) is 4.79 Å². The van der Waals surface area contributed by atoms with E-state index in [2.05, 4.69) is 10.8 Å². The number of hydrogen-bond acceptors (Lipinski definition) is 3. The molecule has 4 heteroatoms. The van der Waals surface area contributed by atoms with Crippen molar-refractivity contribution in [2.75, 3.05) is 13.1 Å². The van der Waals surface area contributed by atoms with Gasteiger partial charge in [0, 0.05) is 0 Å². The first-order valence-corrected chi connectivity index (χ1v) is 8.09. The maximum atomic E-state index is 12.8. The third-order valence-corrected chi connectivity index (χ3v) is 4.40. The lowest BCUT2D eigenvalue weighted by molar-refractivity contribution is -0.160. The van der Waals surface area contributed by atoms with Gasteiger partial charge in [-0.05, 0) is 44.8 Å². The SMILES string of the molecule is C#CC(C)(CC)OC(=O)C(c1ccccc1)N1CCCCC1.Cl. The molecule has 0 aromatic heterocycles. The van der Waals surface area contributed by atoms with Gasteiger partial charge in [-0.3, -0.25) is 4.90 Å². The van der Waals surface area contributed by atoms with Gasteiger partial charge in [0.05, 0.1) is 0 Å². The fourth-order valence-electron chi connectivity index (χ4n) is 2.79. The smallest absolute Gasteiger partial charge is 0.329 e. The molecular weight excluding hydrogens is 310 g/mol. The minimum atomic E-state index is -0.833. The van der Waals surface area contributed by atoms with Crippen LogP contribution in [0, 0.1) is 12.3 Å². The summed E-state index contributed by atoms with van der Waals surface area (Å²) in [5.74, 6) is 2.37. The second kappa shape index (κ2) is 8.96. The summed E-state index contributed by atoms with van der Waals surface area (Å²) in [6.07, 6.45) is 9.62. The Hall–Kier alpha value is -1.50. The normalized spacial score (nSPS) is 18.8. The van der Waals surface area contributed by atoms with Crippen molar-refractivity contribution >= 4 is 18.4 Å². The first-order valence-electron chi connectivity index (χ1n) is 8.09. The number of hydrogen-bond donors (Lipinski definition) is 0. The highest BCUT2D eigenvalue weighted by Gasteiger charge is 2.34. The predicted molar refractivity (Wildman–Crippen MR) is 95.5 cm³/mol. The zero-order chi connectivity index (χ0) is 16.0. The van der Waals surface area contributed by atoms with Crippen LogP contribution in [0.5, 0.6) is 0 Å². The van der Waals surface area contributed by atoms with Crippen LogP contribution in [0.25, 0.3) is 0 Å².